The van der Waals surface area contributed by atoms with Crippen LogP contribution < -0.4 is 10.1 Å². The third-order valence-electron chi connectivity index (χ3n) is 3.94. The minimum atomic E-state index is -0.334. The molecule has 0 bridgehead atoms. The van der Waals surface area contributed by atoms with Gasteiger partial charge in [-0.3, -0.25) is 9.78 Å². The Kier molecular flexibility index (Phi) is 4.35. The van der Waals surface area contributed by atoms with Crippen LogP contribution in [-0.2, 0) is 6.61 Å². The predicted molar refractivity (Wildman–Crippen MR) is 99.2 cm³/mol. The molecular formula is C21H16N2O3. The van der Waals surface area contributed by atoms with Crippen molar-refractivity contribution in [2.75, 3.05) is 5.32 Å². The van der Waals surface area contributed by atoms with Crippen LogP contribution in [0.2, 0.25) is 0 Å². The van der Waals surface area contributed by atoms with Gasteiger partial charge in [0.1, 0.15) is 12.4 Å². The monoisotopic (exact) mass is 344 g/mol. The molecule has 0 fully saturated rings. The molecule has 26 heavy (non-hydrogen) atoms. The van der Waals surface area contributed by atoms with Crippen LogP contribution in [0.5, 0.6) is 5.75 Å². The molecule has 0 radical (unpaired) electrons. The number of carbonyl (C=O) groups is 1. The minimum Gasteiger partial charge on any atom is -0.489 e. The Bertz CT molecular complexity index is 1040. The van der Waals surface area contributed by atoms with Gasteiger partial charge in [0, 0.05) is 10.9 Å². The zero-order valence-electron chi connectivity index (χ0n) is 13.9. The van der Waals surface area contributed by atoms with Gasteiger partial charge in [0.2, 0.25) is 0 Å². The summed E-state index contributed by atoms with van der Waals surface area (Å²) in [5.74, 6) is 0.631. The van der Waals surface area contributed by atoms with Crippen molar-refractivity contribution < 1.29 is 13.9 Å². The minimum absolute atomic E-state index is 0.231. The summed E-state index contributed by atoms with van der Waals surface area (Å²) in [5.41, 5.74) is 2.17. The fourth-order valence-electron chi connectivity index (χ4n) is 2.65. The van der Waals surface area contributed by atoms with Gasteiger partial charge in [-0.2, -0.15) is 0 Å². The Labute approximate surface area is 150 Å². The van der Waals surface area contributed by atoms with Gasteiger partial charge in [0.25, 0.3) is 5.91 Å². The molecule has 0 aliphatic carbocycles. The SMILES string of the molecule is O=C(Nc1cnc2ccccc2c1)c1occc1COc1ccccc1. The number of anilines is 1. The summed E-state index contributed by atoms with van der Waals surface area (Å²) in [6.45, 7) is 0.249. The van der Waals surface area contributed by atoms with Crippen molar-refractivity contribution in [2.45, 2.75) is 6.61 Å². The van der Waals surface area contributed by atoms with Gasteiger partial charge in [0.05, 0.1) is 23.7 Å². The Morgan fingerprint density at radius 1 is 1.04 bits per heavy atom. The molecule has 0 aliphatic rings. The van der Waals surface area contributed by atoms with Crippen molar-refractivity contribution in [1.29, 1.82) is 0 Å². The van der Waals surface area contributed by atoms with Crippen LogP contribution in [-0.4, -0.2) is 10.9 Å². The molecule has 0 aliphatic heterocycles. The lowest BCUT2D eigenvalue weighted by Crippen LogP contribution is -2.14. The number of nitrogens with zero attached hydrogens (tertiary/aromatic N) is 1. The third kappa shape index (κ3) is 3.42. The van der Waals surface area contributed by atoms with E-state index in [0.717, 1.165) is 16.7 Å². The van der Waals surface area contributed by atoms with E-state index in [9.17, 15) is 4.79 Å². The molecule has 0 spiro atoms. The van der Waals surface area contributed by atoms with E-state index in [2.05, 4.69) is 10.3 Å². The van der Waals surface area contributed by atoms with Gasteiger partial charge in [-0.15, -0.1) is 0 Å². The fourth-order valence-corrected chi connectivity index (χ4v) is 2.65. The van der Waals surface area contributed by atoms with Gasteiger partial charge in [-0.25, -0.2) is 0 Å². The van der Waals surface area contributed by atoms with E-state index in [1.54, 1.807) is 12.3 Å². The summed E-state index contributed by atoms with van der Waals surface area (Å²) >= 11 is 0. The van der Waals surface area contributed by atoms with Gasteiger partial charge in [0.15, 0.2) is 5.76 Å². The molecule has 1 N–H and O–H groups in total. The molecule has 0 unspecified atom stereocenters. The highest BCUT2D eigenvalue weighted by atomic mass is 16.5. The molecule has 2 aromatic carbocycles. The van der Waals surface area contributed by atoms with Crippen LogP contribution in [0.25, 0.3) is 10.9 Å². The number of rotatable bonds is 5. The molecule has 2 aromatic heterocycles. The smallest absolute Gasteiger partial charge is 0.291 e. The number of nitrogens with one attached hydrogen (secondary N) is 1. The number of hydrogen-bond acceptors (Lipinski definition) is 4. The van der Waals surface area contributed by atoms with Crippen molar-refractivity contribution in [1.82, 2.24) is 4.98 Å². The fraction of sp³-hybridized carbons (Fsp3) is 0.0476. The molecule has 4 rings (SSSR count). The second kappa shape index (κ2) is 7.11. The first-order valence-electron chi connectivity index (χ1n) is 8.20. The van der Waals surface area contributed by atoms with Crippen LogP contribution in [0.15, 0.2) is 83.6 Å². The van der Waals surface area contributed by atoms with Gasteiger partial charge in [-0.05, 0) is 30.3 Å². The van der Waals surface area contributed by atoms with Crippen LogP contribution in [0.4, 0.5) is 5.69 Å². The standard InChI is InChI=1S/C21H16N2O3/c24-21(23-17-12-15-6-4-5-9-19(15)22-13-17)20-16(10-11-25-20)14-26-18-7-2-1-3-8-18/h1-13H,14H2,(H,23,24). The quantitative estimate of drug-likeness (QED) is 0.572. The zero-order valence-corrected chi connectivity index (χ0v) is 13.9. The first kappa shape index (κ1) is 15.9. The molecule has 0 saturated carbocycles. The van der Waals surface area contributed by atoms with Crippen LogP contribution >= 0.6 is 0 Å². The van der Waals surface area contributed by atoms with Crippen molar-refractivity contribution in [2.24, 2.45) is 0 Å². The van der Waals surface area contributed by atoms with Crippen molar-refractivity contribution in [3.63, 3.8) is 0 Å². The largest absolute Gasteiger partial charge is 0.489 e. The summed E-state index contributed by atoms with van der Waals surface area (Å²) in [6.07, 6.45) is 3.11. The van der Waals surface area contributed by atoms with E-state index in [1.807, 2.05) is 60.7 Å². The zero-order chi connectivity index (χ0) is 17.8. The number of hydrogen-bond donors (Lipinski definition) is 1. The summed E-state index contributed by atoms with van der Waals surface area (Å²) < 4.78 is 11.1. The van der Waals surface area contributed by atoms with Crippen molar-refractivity contribution in [3.8, 4) is 5.75 Å². The van der Waals surface area contributed by atoms with E-state index in [0.29, 0.717) is 11.3 Å². The van der Waals surface area contributed by atoms with Crippen LogP contribution in [0.1, 0.15) is 16.1 Å². The average Bonchev–Trinajstić information content (AvgIpc) is 3.16. The van der Waals surface area contributed by atoms with E-state index in [1.165, 1.54) is 6.26 Å². The number of ether oxygens (including phenoxy) is 1. The number of fused-ring (bicyclic) bond motifs is 1. The highest BCUT2D eigenvalue weighted by Gasteiger charge is 2.16. The number of para-hydroxylation sites is 2. The molecule has 0 atom stereocenters. The first-order valence-corrected chi connectivity index (χ1v) is 8.20. The predicted octanol–water partition coefficient (Wildman–Crippen LogP) is 4.66. The van der Waals surface area contributed by atoms with E-state index >= 15 is 0 Å². The Morgan fingerprint density at radius 3 is 2.73 bits per heavy atom. The van der Waals surface area contributed by atoms with E-state index in [-0.39, 0.29) is 18.3 Å². The van der Waals surface area contributed by atoms with Crippen molar-refractivity contribution in [3.05, 3.63) is 90.5 Å². The van der Waals surface area contributed by atoms with E-state index < -0.39 is 0 Å². The van der Waals surface area contributed by atoms with Gasteiger partial charge < -0.3 is 14.5 Å². The summed E-state index contributed by atoms with van der Waals surface area (Å²) in [7, 11) is 0. The Hall–Kier alpha value is -3.60. The Balaban J connectivity index is 1.48. The number of carbonyl (C=O) groups excluding carboxylic acids is 1. The van der Waals surface area contributed by atoms with E-state index in [4.69, 9.17) is 9.15 Å². The maximum atomic E-state index is 12.6. The molecule has 4 aromatic rings. The highest BCUT2D eigenvalue weighted by Crippen LogP contribution is 2.19. The molecular weight excluding hydrogens is 328 g/mol. The lowest BCUT2D eigenvalue weighted by Gasteiger charge is -2.07. The lowest BCUT2D eigenvalue weighted by atomic mass is 10.2. The van der Waals surface area contributed by atoms with Gasteiger partial charge in [-0.1, -0.05) is 36.4 Å². The maximum Gasteiger partial charge on any atom is 0.291 e. The van der Waals surface area contributed by atoms with Crippen LogP contribution in [0, 0.1) is 0 Å². The lowest BCUT2D eigenvalue weighted by molar-refractivity contribution is 0.0993. The second-order valence-electron chi connectivity index (χ2n) is 5.75. The summed E-state index contributed by atoms with van der Waals surface area (Å²) in [6, 6.07) is 20.8. The number of amides is 1. The first-order chi connectivity index (χ1) is 12.8. The van der Waals surface area contributed by atoms with Gasteiger partial charge >= 0.3 is 0 Å². The maximum absolute atomic E-state index is 12.6. The normalized spacial score (nSPS) is 10.6. The second-order valence-corrected chi connectivity index (χ2v) is 5.75. The third-order valence-corrected chi connectivity index (χ3v) is 3.94. The van der Waals surface area contributed by atoms with Crippen LogP contribution in [0.3, 0.4) is 0 Å². The molecule has 1 amide bonds. The molecule has 5 nitrogen and oxygen atoms in total. The molecule has 0 saturated heterocycles. The molecule has 5 heteroatoms. The average molecular weight is 344 g/mol. The highest BCUT2D eigenvalue weighted by molar-refractivity contribution is 6.03. The molecule has 2 heterocycles. The number of benzene rings is 2. The number of pyridine rings is 1. The summed E-state index contributed by atoms with van der Waals surface area (Å²) in [5, 5.41) is 3.78. The summed E-state index contributed by atoms with van der Waals surface area (Å²) in [4.78, 5) is 16.9. The molecule has 128 valence electrons. The number of aromatic nitrogens is 1. The Morgan fingerprint density at radius 2 is 1.85 bits per heavy atom. The number of furan rings is 1. The van der Waals surface area contributed by atoms with Crippen molar-refractivity contribution >= 4 is 22.5 Å². The topological polar surface area (TPSA) is 64.4 Å².